The molecule has 2 aromatic carbocycles. The molecular formula is C19H20N4O3. The number of hydrazone groups is 1. The molecule has 7 heteroatoms. The number of hydrogen-bond acceptors (Lipinski definition) is 5. The minimum atomic E-state index is -0.379. The van der Waals surface area contributed by atoms with E-state index in [9.17, 15) is 9.59 Å². The van der Waals surface area contributed by atoms with Crippen molar-refractivity contribution in [2.24, 2.45) is 5.10 Å². The Labute approximate surface area is 151 Å². The fraction of sp³-hybridized carbons (Fsp3) is 0.211. The molecule has 134 valence electrons. The van der Waals surface area contributed by atoms with Crippen LogP contribution in [0.25, 0.3) is 0 Å². The van der Waals surface area contributed by atoms with E-state index in [0.717, 1.165) is 11.3 Å². The van der Waals surface area contributed by atoms with Gasteiger partial charge in [0, 0.05) is 19.8 Å². The standard InChI is InChI=1S/C19H20N4O3/c1-22(2)15-9-7-14(8-10-15)11-20-21-18(24)12-23-16-5-3-4-6-17(16)26-13-19(23)25/h3-11H,12-13H2,1-2H3,(H,21,24)/b20-11-. The van der Waals surface area contributed by atoms with Crippen LogP contribution in [0.2, 0.25) is 0 Å². The van der Waals surface area contributed by atoms with E-state index in [1.165, 1.54) is 4.90 Å². The minimum Gasteiger partial charge on any atom is -0.482 e. The van der Waals surface area contributed by atoms with Crippen LogP contribution >= 0.6 is 0 Å². The molecule has 1 N–H and O–H groups in total. The van der Waals surface area contributed by atoms with E-state index in [4.69, 9.17) is 4.74 Å². The van der Waals surface area contributed by atoms with E-state index in [0.29, 0.717) is 11.4 Å². The van der Waals surface area contributed by atoms with Crippen LogP contribution in [0.1, 0.15) is 5.56 Å². The molecule has 0 aliphatic carbocycles. The number of carbonyl (C=O) groups is 2. The molecule has 1 aliphatic heterocycles. The number of fused-ring (bicyclic) bond motifs is 1. The number of benzene rings is 2. The maximum absolute atomic E-state index is 12.1. The monoisotopic (exact) mass is 352 g/mol. The zero-order valence-electron chi connectivity index (χ0n) is 14.7. The number of nitrogens with one attached hydrogen (secondary N) is 1. The Morgan fingerprint density at radius 1 is 1.23 bits per heavy atom. The van der Waals surface area contributed by atoms with Crippen molar-refractivity contribution in [3.05, 3.63) is 54.1 Å². The lowest BCUT2D eigenvalue weighted by Gasteiger charge is -2.28. The van der Waals surface area contributed by atoms with E-state index in [1.807, 2.05) is 49.3 Å². The molecule has 0 spiro atoms. The maximum atomic E-state index is 12.1. The van der Waals surface area contributed by atoms with Gasteiger partial charge in [0.1, 0.15) is 12.3 Å². The molecule has 3 rings (SSSR count). The minimum absolute atomic E-state index is 0.0776. The quantitative estimate of drug-likeness (QED) is 0.656. The second-order valence-corrected chi connectivity index (χ2v) is 6.02. The molecule has 0 atom stereocenters. The molecule has 7 nitrogen and oxygen atoms in total. The van der Waals surface area contributed by atoms with Gasteiger partial charge in [-0.05, 0) is 29.8 Å². The van der Waals surface area contributed by atoms with Gasteiger partial charge in [-0.2, -0.15) is 5.10 Å². The van der Waals surface area contributed by atoms with Crippen molar-refractivity contribution < 1.29 is 14.3 Å². The summed E-state index contributed by atoms with van der Waals surface area (Å²) in [6, 6.07) is 14.9. The average Bonchev–Trinajstić information content (AvgIpc) is 2.64. The van der Waals surface area contributed by atoms with Crippen LogP contribution in [0, 0.1) is 0 Å². The normalized spacial score (nSPS) is 13.3. The van der Waals surface area contributed by atoms with E-state index < -0.39 is 0 Å². The number of anilines is 2. The molecule has 0 bridgehead atoms. The first-order valence-corrected chi connectivity index (χ1v) is 8.16. The first kappa shape index (κ1) is 17.5. The predicted molar refractivity (Wildman–Crippen MR) is 101 cm³/mol. The lowest BCUT2D eigenvalue weighted by atomic mass is 10.2. The number of amides is 2. The average molecular weight is 352 g/mol. The number of ether oxygens (including phenoxy) is 1. The molecule has 2 amide bonds. The van der Waals surface area contributed by atoms with Gasteiger partial charge >= 0.3 is 0 Å². The largest absolute Gasteiger partial charge is 0.482 e. The molecule has 26 heavy (non-hydrogen) atoms. The van der Waals surface area contributed by atoms with E-state index in [-0.39, 0.29) is 25.0 Å². The SMILES string of the molecule is CN(C)c1ccc(/C=N\NC(=O)CN2C(=O)COc3ccccc32)cc1. The fourth-order valence-electron chi connectivity index (χ4n) is 2.54. The number of nitrogens with zero attached hydrogens (tertiary/aromatic N) is 3. The highest BCUT2D eigenvalue weighted by Crippen LogP contribution is 2.31. The Hall–Kier alpha value is -3.35. The van der Waals surface area contributed by atoms with Crippen molar-refractivity contribution in [1.29, 1.82) is 0 Å². The van der Waals surface area contributed by atoms with Crippen molar-refractivity contribution >= 4 is 29.4 Å². The van der Waals surface area contributed by atoms with Gasteiger partial charge in [-0.15, -0.1) is 0 Å². The summed E-state index contributed by atoms with van der Waals surface area (Å²) in [5, 5.41) is 3.96. The summed E-state index contributed by atoms with van der Waals surface area (Å²) < 4.78 is 5.36. The molecule has 2 aromatic rings. The van der Waals surface area contributed by atoms with Gasteiger partial charge in [0.25, 0.3) is 11.8 Å². The zero-order chi connectivity index (χ0) is 18.5. The summed E-state index contributed by atoms with van der Waals surface area (Å²) in [7, 11) is 3.93. The summed E-state index contributed by atoms with van der Waals surface area (Å²) in [5.41, 5.74) is 4.98. The molecule has 0 unspecified atom stereocenters. The van der Waals surface area contributed by atoms with Crippen LogP contribution in [-0.4, -0.2) is 45.3 Å². The van der Waals surface area contributed by atoms with Crippen molar-refractivity contribution in [2.75, 3.05) is 37.0 Å². The second-order valence-electron chi connectivity index (χ2n) is 6.02. The highest BCUT2D eigenvalue weighted by Gasteiger charge is 2.26. The molecule has 1 aliphatic rings. The van der Waals surface area contributed by atoms with E-state index in [2.05, 4.69) is 10.5 Å². The number of rotatable bonds is 5. The summed E-state index contributed by atoms with van der Waals surface area (Å²) in [4.78, 5) is 27.6. The molecule has 1 heterocycles. The van der Waals surface area contributed by atoms with Crippen LogP contribution in [0.5, 0.6) is 5.75 Å². The smallest absolute Gasteiger partial charge is 0.265 e. The van der Waals surface area contributed by atoms with Gasteiger partial charge in [-0.3, -0.25) is 14.5 Å². The van der Waals surface area contributed by atoms with Crippen LogP contribution < -0.4 is 20.0 Å². The first-order valence-electron chi connectivity index (χ1n) is 8.16. The third kappa shape index (κ3) is 4.00. The molecule has 0 aromatic heterocycles. The molecule has 0 saturated heterocycles. The Morgan fingerprint density at radius 3 is 2.69 bits per heavy atom. The first-order chi connectivity index (χ1) is 12.5. The van der Waals surface area contributed by atoms with Crippen LogP contribution in [0.3, 0.4) is 0 Å². The number of hydrogen-bond donors (Lipinski definition) is 1. The zero-order valence-corrected chi connectivity index (χ0v) is 14.7. The van der Waals surface area contributed by atoms with Crippen molar-refractivity contribution in [1.82, 2.24) is 5.43 Å². The Balaban J connectivity index is 1.60. The summed E-state index contributed by atoms with van der Waals surface area (Å²) >= 11 is 0. The van der Waals surface area contributed by atoms with Crippen LogP contribution in [0.15, 0.2) is 53.6 Å². The molecule has 0 radical (unpaired) electrons. The van der Waals surface area contributed by atoms with Gasteiger partial charge in [0.15, 0.2) is 6.61 Å². The topological polar surface area (TPSA) is 74.2 Å². The van der Waals surface area contributed by atoms with Crippen molar-refractivity contribution in [2.45, 2.75) is 0 Å². The summed E-state index contributed by atoms with van der Waals surface area (Å²) in [5.74, 6) is -0.0531. The second kappa shape index (κ2) is 7.69. The Kier molecular flexibility index (Phi) is 5.17. The number of carbonyl (C=O) groups excluding carboxylic acids is 2. The molecule has 0 fully saturated rings. The predicted octanol–water partition coefficient (Wildman–Crippen LogP) is 1.63. The van der Waals surface area contributed by atoms with Gasteiger partial charge in [-0.25, -0.2) is 5.43 Å². The van der Waals surface area contributed by atoms with Gasteiger partial charge < -0.3 is 9.64 Å². The van der Waals surface area contributed by atoms with Gasteiger partial charge in [-0.1, -0.05) is 24.3 Å². The third-order valence-electron chi connectivity index (χ3n) is 3.92. The van der Waals surface area contributed by atoms with Gasteiger partial charge in [0.2, 0.25) is 0 Å². The van der Waals surface area contributed by atoms with E-state index in [1.54, 1.807) is 24.4 Å². The van der Waals surface area contributed by atoms with Crippen LogP contribution in [-0.2, 0) is 9.59 Å². The van der Waals surface area contributed by atoms with Crippen molar-refractivity contribution in [3.63, 3.8) is 0 Å². The fourth-order valence-corrected chi connectivity index (χ4v) is 2.54. The lowest BCUT2D eigenvalue weighted by Crippen LogP contribution is -2.44. The van der Waals surface area contributed by atoms with Gasteiger partial charge in [0.05, 0.1) is 11.9 Å². The lowest BCUT2D eigenvalue weighted by molar-refractivity contribution is -0.125. The summed E-state index contributed by atoms with van der Waals surface area (Å²) in [6.07, 6.45) is 1.56. The van der Waals surface area contributed by atoms with Crippen LogP contribution in [0.4, 0.5) is 11.4 Å². The number of para-hydroxylation sites is 2. The Morgan fingerprint density at radius 2 is 1.96 bits per heavy atom. The van der Waals surface area contributed by atoms with E-state index >= 15 is 0 Å². The third-order valence-corrected chi connectivity index (χ3v) is 3.92. The molecular weight excluding hydrogens is 332 g/mol. The summed E-state index contributed by atoms with van der Waals surface area (Å²) in [6.45, 7) is -0.193. The highest BCUT2D eigenvalue weighted by atomic mass is 16.5. The highest BCUT2D eigenvalue weighted by molar-refractivity contribution is 6.02. The molecule has 0 saturated carbocycles. The Bertz CT molecular complexity index is 831. The maximum Gasteiger partial charge on any atom is 0.265 e. The van der Waals surface area contributed by atoms with Crippen molar-refractivity contribution in [3.8, 4) is 5.75 Å².